The average molecular weight is 498 g/mol. The molecular formula is C26H25ClFN3O4. The summed E-state index contributed by atoms with van der Waals surface area (Å²) >= 11 is 6.33. The van der Waals surface area contributed by atoms with Gasteiger partial charge in [-0.15, -0.1) is 0 Å². The number of halogens is 2. The van der Waals surface area contributed by atoms with Gasteiger partial charge in [-0.05, 0) is 57.5 Å². The first-order valence-corrected chi connectivity index (χ1v) is 11.5. The molecule has 2 heterocycles. The van der Waals surface area contributed by atoms with Gasteiger partial charge in [-0.1, -0.05) is 23.7 Å². The summed E-state index contributed by atoms with van der Waals surface area (Å²) in [5, 5.41) is 0.440. The van der Waals surface area contributed by atoms with Crippen molar-refractivity contribution < 1.29 is 23.5 Å². The van der Waals surface area contributed by atoms with E-state index >= 15 is 0 Å². The zero-order valence-corrected chi connectivity index (χ0v) is 20.6. The van der Waals surface area contributed by atoms with E-state index in [0.717, 1.165) is 0 Å². The van der Waals surface area contributed by atoms with E-state index in [1.807, 2.05) is 0 Å². The minimum Gasteiger partial charge on any atom is -0.469 e. The van der Waals surface area contributed by atoms with Gasteiger partial charge in [0.2, 0.25) is 0 Å². The van der Waals surface area contributed by atoms with E-state index in [4.69, 9.17) is 26.1 Å². The number of hydrogen-bond donors (Lipinski definition) is 0. The number of fused-ring (bicyclic) bond motifs is 3. The molecule has 0 fully saturated rings. The summed E-state index contributed by atoms with van der Waals surface area (Å²) in [6, 6.07) is 10.7. The number of nitrogens with zero attached hydrogens (tertiary/aromatic N) is 3. The molecule has 0 amide bonds. The van der Waals surface area contributed by atoms with E-state index in [0.29, 0.717) is 27.7 Å². The number of carbonyl (C=O) groups is 2. The lowest BCUT2D eigenvalue weighted by Gasteiger charge is -2.20. The van der Waals surface area contributed by atoms with Crippen LogP contribution in [0.5, 0.6) is 0 Å². The number of imidazole rings is 1. The third-order valence-corrected chi connectivity index (χ3v) is 5.68. The highest BCUT2D eigenvalue weighted by Crippen LogP contribution is 2.37. The Kier molecular flexibility index (Phi) is 6.76. The van der Waals surface area contributed by atoms with Gasteiger partial charge in [0.15, 0.2) is 5.69 Å². The van der Waals surface area contributed by atoms with Gasteiger partial charge in [0.05, 0.1) is 30.2 Å². The smallest absolute Gasteiger partial charge is 0.359 e. The largest absolute Gasteiger partial charge is 0.469 e. The maximum atomic E-state index is 15.0. The predicted molar refractivity (Wildman–Crippen MR) is 130 cm³/mol. The van der Waals surface area contributed by atoms with E-state index in [-0.39, 0.29) is 24.1 Å². The van der Waals surface area contributed by atoms with Crippen LogP contribution in [-0.4, -0.2) is 39.9 Å². The first kappa shape index (κ1) is 24.6. The van der Waals surface area contributed by atoms with Crippen molar-refractivity contribution in [3.05, 3.63) is 82.1 Å². The Labute approximate surface area is 207 Å². The van der Waals surface area contributed by atoms with Crippen LogP contribution in [0.2, 0.25) is 5.02 Å². The average Bonchev–Trinajstić information content (AvgIpc) is 3.18. The molecule has 3 aromatic rings. The van der Waals surface area contributed by atoms with Crippen LogP contribution in [0, 0.1) is 5.82 Å². The molecule has 1 atom stereocenters. The number of aromatic nitrogens is 2. The van der Waals surface area contributed by atoms with Crippen LogP contribution < -0.4 is 0 Å². The van der Waals surface area contributed by atoms with Gasteiger partial charge in [0.1, 0.15) is 17.7 Å². The summed E-state index contributed by atoms with van der Waals surface area (Å²) in [7, 11) is 1.30. The normalized spacial score (nSPS) is 14.9. The summed E-state index contributed by atoms with van der Waals surface area (Å²) in [5.41, 5.74) is 1.59. The second kappa shape index (κ2) is 9.62. The molecule has 0 saturated carbocycles. The molecule has 1 aromatic heterocycles. The Morgan fingerprint density at radius 2 is 1.89 bits per heavy atom. The van der Waals surface area contributed by atoms with Gasteiger partial charge in [-0.2, -0.15) is 0 Å². The van der Waals surface area contributed by atoms with Gasteiger partial charge in [-0.25, -0.2) is 14.2 Å². The summed E-state index contributed by atoms with van der Waals surface area (Å²) < 4.78 is 27.1. The highest BCUT2D eigenvalue weighted by atomic mass is 35.5. The first-order valence-electron chi connectivity index (χ1n) is 11.1. The quantitative estimate of drug-likeness (QED) is 0.437. The molecule has 35 heavy (non-hydrogen) atoms. The highest BCUT2D eigenvalue weighted by Gasteiger charge is 2.33. The number of carbonyl (C=O) groups excluding carboxylic acids is 2. The van der Waals surface area contributed by atoms with Crippen LogP contribution in [0.1, 0.15) is 67.0 Å². The molecule has 0 N–H and O–H groups in total. The zero-order valence-electron chi connectivity index (χ0n) is 19.8. The number of methoxy groups -OCH3 is 1. The maximum Gasteiger partial charge on any atom is 0.359 e. The van der Waals surface area contributed by atoms with Crippen LogP contribution in [-0.2, 0) is 14.3 Å². The number of hydrogen-bond acceptors (Lipinski definition) is 6. The molecule has 0 unspecified atom stereocenters. The molecule has 0 spiro atoms. The molecule has 0 aliphatic carbocycles. The fraction of sp³-hybridized carbons (Fsp3) is 0.308. The van der Waals surface area contributed by atoms with Gasteiger partial charge in [0, 0.05) is 22.6 Å². The van der Waals surface area contributed by atoms with Gasteiger partial charge < -0.3 is 9.47 Å². The van der Waals surface area contributed by atoms with E-state index in [1.165, 1.54) is 19.5 Å². The summed E-state index contributed by atoms with van der Waals surface area (Å²) in [6.45, 7) is 5.29. The summed E-state index contributed by atoms with van der Waals surface area (Å²) in [6.07, 6.45) is 1.74. The fourth-order valence-corrected chi connectivity index (χ4v) is 4.14. The minimum atomic E-state index is -0.743. The molecule has 1 aliphatic heterocycles. The predicted octanol–water partition coefficient (Wildman–Crippen LogP) is 5.47. The number of benzene rings is 2. The van der Waals surface area contributed by atoms with Crippen LogP contribution >= 0.6 is 11.6 Å². The molecule has 4 rings (SSSR count). The Balaban J connectivity index is 1.97. The van der Waals surface area contributed by atoms with Crippen molar-refractivity contribution in [1.82, 2.24) is 9.55 Å². The van der Waals surface area contributed by atoms with Crippen molar-refractivity contribution in [2.24, 2.45) is 4.99 Å². The molecule has 0 saturated heterocycles. The Hall–Kier alpha value is -3.52. The van der Waals surface area contributed by atoms with Crippen LogP contribution in [0.25, 0.3) is 5.69 Å². The third kappa shape index (κ3) is 5.12. The second-order valence-corrected chi connectivity index (χ2v) is 9.54. The standard InChI is InChI=1S/C26H25ClFN3O4/c1-26(2,3)35-25(33)23-24-19(10-12-21(32)34-4)30-22(16-7-5-6-8-18(16)28)17-13-15(27)9-11-20(17)31(24)14-29-23/h5-9,11,13-14,19H,10,12H2,1-4H3/t19-/m0/s1. The summed E-state index contributed by atoms with van der Waals surface area (Å²) in [5.74, 6) is -1.50. The van der Waals surface area contributed by atoms with Crippen molar-refractivity contribution >= 4 is 29.3 Å². The monoisotopic (exact) mass is 497 g/mol. The lowest BCUT2D eigenvalue weighted by molar-refractivity contribution is -0.140. The number of ether oxygens (including phenoxy) is 2. The van der Waals surface area contributed by atoms with Crippen molar-refractivity contribution in [1.29, 1.82) is 0 Å². The van der Waals surface area contributed by atoms with Crippen LogP contribution in [0.15, 0.2) is 53.8 Å². The highest BCUT2D eigenvalue weighted by molar-refractivity contribution is 6.31. The lowest BCUT2D eigenvalue weighted by atomic mass is 9.99. The Morgan fingerprint density at radius 3 is 2.57 bits per heavy atom. The Bertz CT molecular complexity index is 1330. The van der Waals surface area contributed by atoms with E-state index in [1.54, 1.807) is 61.7 Å². The van der Waals surface area contributed by atoms with Crippen LogP contribution in [0.4, 0.5) is 4.39 Å². The first-order chi connectivity index (χ1) is 16.6. The molecule has 0 bridgehead atoms. The fourth-order valence-electron chi connectivity index (χ4n) is 3.97. The molecule has 182 valence electrons. The maximum absolute atomic E-state index is 15.0. The van der Waals surface area contributed by atoms with Crippen molar-refractivity contribution in [2.45, 2.75) is 45.3 Å². The van der Waals surface area contributed by atoms with E-state index < -0.39 is 29.4 Å². The molecule has 0 radical (unpaired) electrons. The van der Waals surface area contributed by atoms with Gasteiger partial charge in [0.25, 0.3) is 0 Å². The SMILES string of the molecule is COC(=O)CC[C@@H]1N=C(c2ccccc2F)c2cc(Cl)ccc2-n2cnc(C(=O)OC(C)(C)C)c21. The number of aliphatic imine (C=N–C) groups is 1. The van der Waals surface area contributed by atoms with Crippen molar-refractivity contribution in [3.63, 3.8) is 0 Å². The van der Waals surface area contributed by atoms with Crippen LogP contribution in [0.3, 0.4) is 0 Å². The number of rotatable bonds is 5. The zero-order chi connectivity index (χ0) is 25.3. The molecular weight excluding hydrogens is 473 g/mol. The summed E-state index contributed by atoms with van der Waals surface area (Å²) in [4.78, 5) is 34.3. The Morgan fingerprint density at radius 1 is 1.14 bits per heavy atom. The van der Waals surface area contributed by atoms with E-state index in [9.17, 15) is 14.0 Å². The topological polar surface area (TPSA) is 82.8 Å². The second-order valence-electron chi connectivity index (χ2n) is 9.10. The van der Waals surface area contributed by atoms with Gasteiger partial charge in [-0.3, -0.25) is 14.4 Å². The van der Waals surface area contributed by atoms with Gasteiger partial charge >= 0.3 is 11.9 Å². The van der Waals surface area contributed by atoms with Crippen molar-refractivity contribution in [3.8, 4) is 5.69 Å². The lowest BCUT2D eigenvalue weighted by Crippen LogP contribution is -2.25. The van der Waals surface area contributed by atoms with E-state index in [2.05, 4.69) is 4.98 Å². The molecule has 2 aromatic carbocycles. The third-order valence-electron chi connectivity index (χ3n) is 5.45. The number of esters is 2. The van der Waals surface area contributed by atoms with Crippen molar-refractivity contribution in [2.75, 3.05) is 7.11 Å². The minimum absolute atomic E-state index is 0.0330. The molecule has 1 aliphatic rings. The molecule has 9 heteroatoms. The molecule has 7 nitrogen and oxygen atoms in total.